The first-order chi connectivity index (χ1) is 9.85. The Labute approximate surface area is 122 Å². The van der Waals surface area contributed by atoms with Gasteiger partial charge in [-0.25, -0.2) is 0 Å². The highest BCUT2D eigenvalue weighted by molar-refractivity contribution is 5.33. The van der Waals surface area contributed by atoms with Crippen LogP contribution in [0.1, 0.15) is 37.7 Å². The van der Waals surface area contributed by atoms with Crippen LogP contribution in [-0.4, -0.2) is 30.6 Å². The van der Waals surface area contributed by atoms with Gasteiger partial charge in [0.15, 0.2) is 0 Å². The van der Waals surface area contributed by atoms with Crippen molar-refractivity contribution in [3.05, 3.63) is 29.8 Å². The lowest BCUT2D eigenvalue weighted by Crippen LogP contribution is -2.23. The van der Waals surface area contributed by atoms with Crippen molar-refractivity contribution in [3.63, 3.8) is 0 Å². The van der Waals surface area contributed by atoms with Crippen molar-refractivity contribution in [1.82, 2.24) is 4.90 Å². The number of likely N-dealkylation sites (tertiary alicyclic amines) is 1. The second-order valence-electron chi connectivity index (χ2n) is 6.26. The zero-order chi connectivity index (χ0) is 13.8. The molecule has 0 aromatic heterocycles. The summed E-state index contributed by atoms with van der Waals surface area (Å²) in [6, 6.07) is 8.54. The summed E-state index contributed by atoms with van der Waals surface area (Å²) in [5.74, 6) is 1.77. The lowest BCUT2D eigenvalue weighted by Gasteiger charge is -2.20. The van der Waals surface area contributed by atoms with Gasteiger partial charge < -0.3 is 10.5 Å². The minimum Gasteiger partial charge on any atom is -0.490 e. The van der Waals surface area contributed by atoms with E-state index in [0.29, 0.717) is 12.0 Å². The molecule has 1 aliphatic carbocycles. The molecule has 110 valence electrons. The van der Waals surface area contributed by atoms with Crippen LogP contribution in [0.4, 0.5) is 0 Å². The molecule has 3 nitrogen and oxygen atoms in total. The van der Waals surface area contributed by atoms with Gasteiger partial charge in [-0.15, -0.1) is 0 Å². The van der Waals surface area contributed by atoms with E-state index in [9.17, 15) is 0 Å². The molecule has 1 aromatic rings. The first kappa shape index (κ1) is 13.9. The first-order valence-electron chi connectivity index (χ1n) is 8.02. The van der Waals surface area contributed by atoms with Crippen molar-refractivity contribution in [2.45, 2.75) is 44.8 Å². The van der Waals surface area contributed by atoms with Crippen molar-refractivity contribution in [1.29, 1.82) is 0 Å². The van der Waals surface area contributed by atoms with Crippen LogP contribution in [0.5, 0.6) is 5.75 Å². The summed E-state index contributed by atoms with van der Waals surface area (Å²) in [6.45, 7) is 4.12. The van der Waals surface area contributed by atoms with Crippen LogP contribution in [0, 0.1) is 5.92 Å². The fourth-order valence-corrected chi connectivity index (χ4v) is 3.42. The van der Waals surface area contributed by atoms with E-state index < -0.39 is 0 Å². The van der Waals surface area contributed by atoms with Gasteiger partial charge in [-0.1, -0.05) is 18.2 Å². The van der Waals surface area contributed by atoms with Gasteiger partial charge in [0.1, 0.15) is 5.75 Å². The molecular formula is C17H26N2O. The largest absolute Gasteiger partial charge is 0.490 e. The van der Waals surface area contributed by atoms with Crippen LogP contribution in [-0.2, 0) is 6.54 Å². The number of hydrogen-bond acceptors (Lipinski definition) is 3. The average Bonchev–Trinajstić information content (AvgIpc) is 3.12. The molecule has 3 heteroatoms. The Morgan fingerprint density at radius 2 is 1.95 bits per heavy atom. The van der Waals surface area contributed by atoms with Crippen LogP contribution >= 0.6 is 0 Å². The molecule has 1 unspecified atom stereocenters. The van der Waals surface area contributed by atoms with E-state index in [1.165, 1.54) is 44.2 Å². The molecule has 0 amide bonds. The van der Waals surface area contributed by atoms with Crippen LogP contribution in [0.15, 0.2) is 24.3 Å². The lowest BCUT2D eigenvalue weighted by molar-refractivity contribution is 0.204. The Kier molecular flexibility index (Phi) is 4.58. The second-order valence-corrected chi connectivity index (χ2v) is 6.26. The Hall–Kier alpha value is -1.06. The minimum absolute atomic E-state index is 0.437. The van der Waals surface area contributed by atoms with Gasteiger partial charge in [0.05, 0.1) is 6.10 Å². The minimum atomic E-state index is 0.437. The van der Waals surface area contributed by atoms with E-state index >= 15 is 0 Å². The predicted octanol–water partition coefficient (Wildman–Crippen LogP) is 2.79. The third-order valence-corrected chi connectivity index (χ3v) is 4.67. The maximum absolute atomic E-state index is 6.22. The molecule has 20 heavy (non-hydrogen) atoms. The van der Waals surface area contributed by atoms with Gasteiger partial charge in [-0.05, 0) is 57.2 Å². The Bertz CT molecular complexity index is 429. The topological polar surface area (TPSA) is 38.5 Å². The van der Waals surface area contributed by atoms with Crippen molar-refractivity contribution >= 4 is 0 Å². The van der Waals surface area contributed by atoms with Crippen molar-refractivity contribution < 1.29 is 4.74 Å². The zero-order valence-electron chi connectivity index (χ0n) is 12.3. The summed E-state index contributed by atoms with van der Waals surface area (Å²) in [6.07, 6.45) is 6.74. The number of hydrogen-bond donors (Lipinski definition) is 1. The fourth-order valence-electron chi connectivity index (χ4n) is 3.42. The molecule has 1 heterocycles. The highest BCUT2D eigenvalue weighted by atomic mass is 16.5. The Morgan fingerprint density at radius 1 is 1.15 bits per heavy atom. The average molecular weight is 274 g/mol. The zero-order valence-corrected chi connectivity index (χ0v) is 12.3. The van der Waals surface area contributed by atoms with E-state index in [0.717, 1.165) is 25.4 Å². The Morgan fingerprint density at radius 3 is 2.70 bits per heavy atom. The van der Waals surface area contributed by atoms with Gasteiger partial charge in [-0.2, -0.15) is 0 Å². The normalized spacial score (nSPS) is 24.4. The summed E-state index contributed by atoms with van der Waals surface area (Å²) in [4.78, 5) is 2.51. The predicted molar refractivity (Wildman–Crippen MR) is 81.8 cm³/mol. The quantitative estimate of drug-likeness (QED) is 0.897. The molecule has 1 aromatic carbocycles. The van der Waals surface area contributed by atoms with E-state index in [1.807, 2.05) is 0 Å². The SMILES string of the molecule is NCC1CCN(Cc2ccccc2OC2CCCC2)C1. The van der Waals surface area contributed by atoms with Crippen LogP contribution in [0.3, 0.4) is 0 Å². The monoisotopic (exact) mass is 274 g/mol. The second kappa shape index (κ2) is 6.59. The van der Waals surface area contributed by atoms with Crippen LogP contribution in [0.25, 0.3) is 0 Å². The maximum atomic E-state index is 6.22. The third kappa shape index (κ3) is 3.33. The van der Waals surface area contributed by atoms with Gasteiger partial charge in [-0.3, -0.25) is 4.90 Å². The van der Waals surface area contributed by atoms with Gasteiger partial charge in [0, 0.05) is 18.7 Å². The summed E-state index contributed by atoms with van der Waals surface area (Å²) < 4.78 is 6.22. The molecule has 2 fully saturated rings. The summed E-state index contributed by atoms with van der Waals surface area (Å²) >= 11 is 0. The smallest absolute Gasteiger partial charge is 0.124 e. The Balaban J connectivity index is 1.63. The number of nitrogens with zero attached hydrogens (tertiary/aromatic N) is 1. The highest BCUT2D eigenvalue weighted by Gasteiger charge is 2.23. The first-order valence-corrected chi connectivity index (χ1v) is 8.02. The molecular weight excluding hydrogens is 248 g/mol. The molecule has 2 aliphatic rings. The van der Waals surface area contributed by atoms with E-state index in [1.54, 1.807) is 0 Å². The van der Waals surface area contributed by atoms with Crippen LogP contribution < -0.4 is 10.5 Å². The van der Waals surface area contributed by atoms with Gasteiger partial charge in [0.2, 0.25) is 0 Å². The van der Waals surface area contributed by atoms with E-state index in [-0.39, 0.29) is 0 Å². The van der Waals surface area contributed by atoms with Crippen molar-refractivity contribution in [2.24, 2.45) is 11.7 Å². The molecule has 1 atom stereocenters. The molecule has 2 N–H and O–H groups in total. The number of ether oxygens (including phenoxy) is 1. The van der Waals surface area contributed by atoms with Gasteiger partial charge >= 0.3 is 0 Å². The highest BCUT2D eigenvalue weighted by Crippen LogP contribution is 2.28. The van der Waals surface area contributed by atoms with E-state index in [4.69, 9.17) is 10.5 Å². The number of para-hydroxylation sites is 1. The standard InChI is InChI=1S/C17H26N2O/c18-11-14-9-10-19(12-14)13-15-5-1-4-8-17(15)20-16-6-2-3-7-16/h1,4-5,8,14,16H,2-3,6-7,9-13,18H2. The lowest BCUT2D eigenvalue weighted by atomic mass is 10.1. The molecule has 1 saturated heterocycles. The number of rotatable bonds is 5. The number of nitrogens with two attached hydrogens (primary N) is 1. The summed E-state index contributed by atoms with van der Waals surface area (Å²) in [5.41, 5.74) is 7.11. The maximum Gasteiger partial charge on any atom is 0.124 e. The van der Waals surface area contributed by atoms with Gasteiger partial charge in [0.25, 0.3) is 0 Å². The van der Waals surface area contributed by atoms with Crippen molar-refractivity contribution in [2.75, 3.05) is 19.6 Å². The molecule has 3 rings (SSSR count). The summed E-state index contributed by atoms with van der Waals surface area (Å²) in [7, 11) is 0. The molecule has 0 radical (unpaired) electrons. The van der Waals surface area contributed by atoms with Crippen molar-refractivity contribution in [3.8, 4) is 5.75 Å². The fraction of sp³-hybridized carbons (Fsp3) is 0.647. The number of benzene rings is 1. The molecule has 1 aliphatic heterocycles. The molecule has 0 spiro atoms. The third-order valence-electron chi connectivity index (χ3n) is 4.67. The molecule has 0 bridgehead atoms. The van der Waals surface area contributed by atoms with Crippen LogP contribution in [0.2, 0.25) is 0 Å². The summed E-state index contributed by atoms with van der Waals surface area (Å²) in [5, 5.41) is 0. The molecule has 1 saturated carbocycles. The van der Waals surface area contributed by atoms with E-state index in [2.05, 4.69) is 29.2 Å².